The van der Waals surface area contributed by atoms with E-state index in [1.807, 2.05) is 19.2 Å². The van der Waals surface area contributed by atoms with E-state index in [0.29, 0.717) is 40.2 Å². The number of carbonyl (C=O) groups excluding carboxylic acids is 1. The van der Waals surface area contributed by atoms with Crippen LogP contribution in [0.1, 0.15) is 20.8 Å². The summed E-state index contributed by atoms with van der Waals surface area (Å²) in [6, 6.07) is 5.20. The second-order valence-electron chi connectivity index (χ2n) is 5.97. The molecule has 27 heavy (non-hydrogen) atoms. The smallest absolute Gasteiger partial charge is 0.267 e. The third-order valence-corrected chi connectivity index (χ3v) is 4.92. The molecule has 0 aliphatic heterocycles. The zero-order valence-electron chi connectivity index (χ0n) is 15.3. The van der Waals surface area contributed by atoms with Crippen molar-refractivity contribution in [3.8, 4) is 5.75 Å². The number of phenols is 1. The van der Waals surface area contributed by atoms with E-state index in [1.54, 1.807) is 30.8 Å². The molecule has 2 heterocycles. The van der Waals surface area contributed by atoms with Gasteiger partial charge in [-0.3, -0.25) is 9.48 Å². The number of aryl methyl sites for hydroxylation is 1. The summed E-state index contributed by atoms with van der Waals surface area (Å²) in [7, 11) is 1.64. The molecule has 3 rings (SSSR count). The van der Waals surface area contributed by atoms with Gasteiger partial charge in [-0.1, -0.05) is 17.4 Å². The van der Waals surface area contributed by atoms with Crippen molar-refractivity contribution in [2.75, 3.05) is 24.4 Å². The summed E-state index contributed by atoms with van der Waals surface area (Å²) in [6.07, 6.45) is 3.35. The zero-order chi connectivity index (χ0) is 19.4. The maximum absolute atomic E-state index is 12.5. The van der Waals surface area contributed by atoms with Crippen molar-refractivity contribution in [2.45, 2.75) is 20.4 Å². The Morgan fingerprint density at radius 2 is 2.15 bits per heavy atom. The average molecular weight is 387 g/mol. The number of ether oxygens (including phenoxy) is 1. The van der Waals surface area contributed by atoms with Gasteiger partial charge in [0.2, 0.25) is 0 Å². The van der Waals surface area contributed by atoms with Crippen LogP contribution < -0.4 is 10.6 Å². The Balaban J connectivity index is 1.68. The van der Waals surface area contributed by atoms with Crippen molar-refractivity contribution in [3.05, 3.63) is 46.6 Å². The van der Waals surface area contributed by atoms with Crippen molar-refractivity contribution >= 4 is 33.9 Å². The molecule has 0 bridgehead atoms. The van der Waals surface area contributed by atoms with Gasteiger partial charge < -0.3 is 20.5 Å². The summed E-state index contributed by atoms with van der Waals surface area (Å²) in [5.74, 6) is 0.515. The van der Waals surface area contributed by atoms with E-state index in [2.05, 4.69) is 20.7 Å². The lowest BCUT2D eigenvalue weighted by Gasteiger charge is -2.11. The molecule has 1 amide bonds. The fraction of sp³-hybridized carbons (Fsp3) is 0.278. The molecular weight excluding hydrogens is 366 g/mol. The number of nitrogens with one attached hydrogen (secondary N) is 2. The fourth-order valence-electron chi connectivity index (χ4n) is 2.49. The lowest BCUT2D eigenvalue weighted by atomic mass is 10.1. The highest BCUT2D eigenvalue weighted by Crippen LogP contribution is 2.29. The van der Waals surface area contributed by atoms with Crippen LogP contribution in [0.4, 0.5) is 16.6 Å². The van der Waals surface area contributed by atoms with Crippen LogP contribution >= 0.6 is 11.3 Å². The molecule has 0 saturated carbocycles. The van der Waals surface area contributed by atoms with Gasteiger partial charge in [0.1, 0.15) is 10.6 Å². The van der Waals surface area contributed by atoms with Gasteiger partial charge in [-0.05, 0) is 25.5 Å². The molecular formula is C18H21N5O3S. The summed E-state index contributed by atoms with van der Waals surface area (Å²) >= 11 is 1.23. The standard InChI is InChI=1S/C18H21N5O3S/c1-11-4-5-13(24)12(2)16(11)21-17(25)14-10-19-18(27-14)20-15-6-7-23(22-15)8-9-26-3/h4-7,10,24H,8-9H2,1-3H3,(H,21,25)(H,19,20,22). The van der Waals surface area contributed by atoms with E-state index in [1.165, 1.54) is 17.5 Å². The maximum Gasteiger partial charge on any atom is 0.267 e. The number of methoxy groups -OCH3 is 1. The number of carbonyl (C=O) groups is 1. The Morgan fingerprint density at radius 1 is 1.33 bits per heavy atom. The Morgan fingerprint density at radius 3 is 2.93 bits per heavy atom. The van der Waals surface area contributed by atoms with E-state index in [9.17, 15) is 9.90 Å². The van der Waals surface area contributed by atoms with Gasteiger partial charge in [0, 0.05) is 24.9 Å². The van der Waals surface area contributed by atoms with Crippen molar-refractivity contribution in [3.63, 3.8) is 0 Å². The predicted molar refractivity (Wildman–Crippen MR) is 105 cm³/mol. The molecule has 3 aromatic rings. The van der Waals surface area contributed by atoms with Crippen LogP contribution in [0, 0.1) is 13.8 Å². The predicted octanol–water partition coefficient (Wildman–Crippen LogP) is 3.30. The molecule has 0 aliphatic rings. The quantitative estimate of drug-likeness (QED) is 0.575. The third-order valence-electron chi connectivity index (χ3n) is 4.01. The van der Waals surface area contributed by atoms with Crippen LogP contribution in [-0.2, 0) is 11.3 Å². The monoisotopic (exact) mass is 387 g/mol. The van der Waals surface area contributed by atoms with Crippen molar-refractivity contribution in [1.82, 2.24) is 14.8 Å². The molecule has 142 valence electrons. The molecule has 3 N–H and O–H groups in total. The number of thiazole rings is 1. The molecule has 2 aromatic heterocycles. The second kappa shape index (κ2) is 8.19. The normalized spacial score (nSPS) is 10.8. The second-order valence-corrected chi connectivity index (χ2v) is 7.00. The number of benzene rings is 1. The van der Waals surface area contributed by atoms with Crippen LogP contribution in [0.25, 0.3) is 0 Å². The number of rotatable bonds is 7. The van der Waals surface area contributed by atoms with Gasteiger partial charge in [0.15, 0.2) is 10.9 Å². The summed E-state index contributed by atoms with van der Waals surface area (Å²) in [5.41, 5.74) is 2.12. The van der Waals surface area contributed by atoms with Crippen LogP contribution in [0.15, 0.2) is 30.6 Å². The largest absolute Gasteiger partial charge is 0.508 e. The van der Waals surface area contributed by atoms with Crippen molar-refractivity contribution < 1.29 is 14.6 Å². The zero-order valence-corrected chi connectivity index (χ0v) is 16.1. The topological polar surface area (TPSA) is 101 Å². The first kappa shape index (κ1) is 18.9. The van der Waals surface area contributed by atoms with Gasteiger partial charge in [0.25, 0.3) is 5.91 Å². The number of amides is 1. The minimum Gasteiger partial charge on any atom is -0.508 e. The molecule has 0 fully saturated rings. The van der Waals surface area contributed by atoms with E-state index in [-0.39, 0.29) is 11.7 Å². The van der Waals surface area contributed by atoms with E-state index in [0.717, 1.165) is 5.56 Å². The number of nitrogens with zero attached hydrogens (tertiary/aromatic N) is 3. The van der Waals surface area contributed by atoms with Gasteiger partial charge in [-0.25, -0.2) is 4.98 Å². The number of aromatic nitrogens is 3. The molecule has 8 nitrogen and oxygen atoms in total. The lowest BCUT2D eigenvalue weighted by molar-refractivity contribution is 0.103. The first-order valence-electron chi connectivity index (χ1n) is 8.33. The van der Waals surface area contributed by atoms with Crippen LogP contribution in [0.3, 0.4) is 0 Å². The molecule has 0 unspecified atom stereocenters. The summed E-state index contributed by atoms with van der Waals surface area (Å²) in [5, 5.41) is 20.7. The van der Waals surface area contributed by atoms with Crippen LogP contribution in [-0.4, -0.2) is 39.5 Å². The van der Waals surface area contributed by atoms with Gasteiger partial charge >= 0.3 is 0 Å². The van der Waals surface area contributed by atoms with Gasteiger partial charge in [0.05, 0.1) is 25.0 Å². The van der Waals surface area contributed by atoms with E-state index in [4.69, 9.17) is 4.74 Å². The first-order valence-corrected chi connectivity index (χ1v) is 9.15. The number of phenolic OH excluding ortho intramolecular Hbond substituents is 1. The summed E-state index contributed by atoms with van der Waals surface area (Å²) < 4.78 is 6.79. The Bertz CT molecular complexity index is 950. The summed E-state index contributed by atoms with van der Waals surface area (Å²) in [4.78, 5) is 17.2. The van der Waals surface area contributed by atoms with E-state index < -0.39 is 0 Å². The highest BCUT2D eigenvalue weighted by molar-refractivity contribution is 7.17. The minimum absolute atomic E-state index is 0.145. The van der Waals surface area contributed by atoms with Crippen LogP contribution in [0.5, 0.6) is 5.75 Å². The summed E-state index contributed by atoms with van der Waals surface area (Å²) in [6.45, 7) is 4.88. The number of aromatic hydroxyl groups is 1. The van der Waals surface area contributed by atoms with Crippen molar-refractivity contribution in [1.29, 1.82) is 0 Å². The van der Waals surface area contributed by atoms with Crippen molar-refractivity contribution in [2.24, 2.45) is 0 Å². The number of anilines is 3. The molecule has 9 heteroatoms. The SMILES string of the molecule is COCCn1ccc(Nc2ncc(C(=O)Nc3c(C)ccc(O)c3C)s2)n1. The Kier molecular flexibility index (Phi) is 5.72. The van der Waals surface area contributed by atoms with Gasteiger partial charge in [-0.15, -0.1) is 0 Å². The molecule has 0 spiro atoms. The van der Waals surface area contributed by atoms with Crippen LogP contribution in [0.2, 0.25) is 0 Å². The van der Waals surface area contributed by atoms with Gasteiger partial charge in [-0.2, -0.15) is 5.10 Å². The minimum atomic E-state index is -0.275. The average Bonchev–Trinajstić information content (AvgIpc) is 3.30. The fourth-order valence-corrected chi connectivity index (χ4v) is 3.21. The highest BCUT2D eigenvalue weighted by atomic mass is 32.1. The molecule has 0 radical (unpaired) electrons. The molecule has 0 saturated heterocycles. The maximum atomic E-state index is 12.5. The first-order chi connectivity index (χ1) is 13.0. The Labute approximate surface area is 160 Å². The number of hydrogen-bond acceptors (Lipinski definition) is 7. The molecule has 0 atom stereocenters. The molecule has 0 aliphatic carbocycles. The lowest BCUT2D eigenvalue weighted by Crippen LogP contribution is -2.12. The number of hydrogen-bond donors (Lipinski definition) is 3. The Hall–Kier alpha value is -2.91. The van der Waals surface area contributed by atoms with E-state index >= 15 is 0 Å². The highest BCUT2D eigenvalue weighted by Gasteiger charge is 2.15. The molecule has 1 aromatic carbocycles. The third kappa shape index (κ3) is 4.44.